The molecule has 0 N–H and O–H groups in total. The number of halogens is 8. The average molecular weight is 518 g/mol. The lowest BCUT2D eigenvalue weighted by molar-refractivity contribution is -0.189. The molecule has 0 amide bonds. The van der Waals surface area contributed by atoms with Crippen LogP contribution in [0.1, 0.15) is 42.9 Å². The summed E-state index contributed by atoms with van der Waals surface area (Å²) in [5, 5.41) is 0. The summed E-state index contributed by atoms with van der Waals surface area (Å²) in [5.74, 6) is -8.79. The maximum Gasteiger partial charge on any atom is 0.429 e. The number of rotatable bonds is 7. The van der Waals surface area contributed by atoms with Crippen LogP contribution in [-0.4, -0.2) is 13.2 Å². The zero-order valence-corrected chi connectivity index (χ0v) is 18.8. The highest BCUT2D eigenvalue weighted by Gasteiger charge is 2.43. The van der Waals surface area contributed by atoms with Gasteiger partial charge in [-0.3, -0.25) is 0 Å². The molecule has 0 aliphatic heterocycles. The van der Waals surface area contributed by atoms with E-state index in [1.165, 1.54) is 13.0 Å². The second-order valence-corrected chi connectivity index (χ2v) is 7.71. The normalized spacial score (nSPS) is 16.8. The first-order valence-electron chi connectivity index (χ1n) is 10.8. The second-order valence-electron chi connectivity index (χ2n) is 7.71. The molecule has 0 radical (unpaired) electrons. The van der Waals surface area contributed by atoms with Crippen LogP contribution in [0.5, 0.6) is 17.2 Å². The predicted octanol–water partition coefficient (Wildman–Crippen LogP) is 7.87. The number of fused-ring (bicyclic) bond motifs is 3. The van der Waals surface area contributed by atoms with Gasteiger partial charge in [0, 0.05) is 11.1 Å². The Labute approximate surface area is 200 Å². The van der Waals surface area contributed by atoms with Crippen molar-refractivity contribution in [2.75, 3.05) is 13.2 Å². The summed E-state index contributed by atoms with van der Waals surface area (Å²) in [6.07, 6.45) is -10.1. The Bertz CT molecular complexity index is 1310. The maximum absolute atomic E-state index is 15.2. The smallest absolute Gasteiger partial charge is 0.429 e. The van der Waals surface area contributed by atoms with E-state index >= 15 is 4.39 Å². The van der Waals surface area contributed by atoms with Crippen LogP contribution in [0.3, 0.4) is 0 Å². The van der Waals surface area contributed by atoms with E-state index in [1.54, 1.807) is 6.92 Å². The molecule has 3 aromatic carbocycles. The van der Waals surface area contributed by atoms with Gasteiger partial charge in [-0.2, -0.15) is 13.2 Å². The van der Waals surface area contributed by atoms with Crippen LogP contribution >= 0.6 is 0 Å². The number of benzene rings is 3. The zero-order chi connectivity index (χ0) is 26.4. The lowest BCUT2D eigenvalue weighted by atomic mass is 9.82. The van der Waals surface area contributed by atoms with E-state index in [9.17, 15) is 30.7 Å². The minimum atomic E-state index is -4.61. The Morgan fingerprint density at radius 1 is 0.639 bits per heavy atom. The van der Waals surface area contributed by atoms with E-state index < -0.39 is 69.9 Å². The van der Waals surface area contributed by atoms with Crippen LogP contribution in [0.2, 0.25) is 0 Å². The Balaban J connectivity index is 1.76. The first-order valence-corrected chi connectivity index (χ1v) is 10.8. The lowest BCUT2D eigenvalue weighted by Gasteiger charge is -2.29. The minimum absolute atomic E-state index is 0.0463. The van der Waals surface area contributed by atoms with Gasteiger partial charge in [-0.25, -0.2) is 22.0 Å². The van der Waals surface area contributed by atoms with Gasteiger partial charge in [-0.05, 0) is 49.2 Å². The molecule has 0 spiro atoms. The molecule has 0 saturated heterocycles. The topological polar surface area (TPSA) is 27.7 Å². The molecule has 0 heterocycles. The van der Waals surface area contributed by atoms with Crippen LogP contribution in [0.25, 0.3) is 11.1 Å². The first kappa shape index (κ1) is 25.6. The highest BCUT2D eigenvalue weighted by molar-refractivity contribution is 5.76. The van der Waals surface area contributed by atoms with Crippen LogP contribution < -0.4 is 14.2 Å². The number of hydrogen-bond acceptors (Lipinski definition) is 3. The molecule has 1 aliphatic carbocycles. The van der Waals surface area contributed by atoms with Crippen molar-refractivity contribution >= 4 is 0 Å². The molecule has 192 valence electrons. The molecule has 0 bridgehead atoms. The van der Waals surface area contributed by atoms with E-state index in [4.69, 9.17) is 9.47 Å². The molecule has 2 atom stereocenters. The molecule has 36 heavy (non-hydrogen) atoms. The zero-order valence-electron chi connectivity index (χ0n) is 18.8. The van der Waals surface area contributed by atoms with Gasteiger partial charge >= 0.3 is 6.11 Å². The van der Waals surface area contributed by atoms with Crippen LogP contribution in [-0.2, 0) is 6.11 Å². The van der Waals surface area contributed by atoms with Crippen molar-refractivity contribution in [3.63, 3.8) is 0 Å². The van der Waals surface area contributed by atoms with Crippen LogP contribution in [0, 0.1) is 23.3 Å². The summed E-state index contributed by atoms with van der Waals surface area (Å²) in [6.45, 7) is 3.00. The Morgan fingerprint density at radius 2 is 1.08 bits per heavy atom. The highest BCUT2D eigenvalue weighted by Crippen LogP contribution is 2.53. The molecule has 1 aliphatic rings. The van der Waals surface area contributed by atoms with Gasteiger partial charge in [0.05, 0.1) is 13.2 Å². The van der Waals surface area contributed by atoms with Gasteiger partial charge in [0.2, 0.25) is 5.82 Å². The highest BCUT2D eigenvalue weighted by atomic mass is 19.3. The van der Waals surface area contributed by atoms with Crippen molar-refractivity contribution in [1.82, 2.24) is 0 Å². The van der Waals surface area contributed by atoms with Crippen molar-refractivity contribution in [1.29, 1.82) is 0 Å². The summed E-state index contributed by atoms with van der Waals surface area (Å²) < 4.78 is 132. The maximum atomic E-state index is 15.2. The van der Waals surface area contributed by atoms with E-state index in [0.717, 1.165) is 18.2 Å². The lowest BCUT2D eigenvalue weighted by Crippen LogP contribution is -2.25. The van der Waals surface area contributed by atoms with Crippen molar-refractivity contribution < 1.29 is 49.3 Å². The summed E-state index contributed by atoms with van der Waals surface area (Å²) in [6, 6.07) is 5.18. The van der Waals surface area contributed by atoms with Crippen molar-refractivity contribution in [2.45, 2.75) is 32.3 Å². The fourth-order valence-electron chi connectivity index (χ4n) is 4.01. The van der Waals surface area contributed by atoms with Crippen molar-refractivity contribution in [3.05, 3.63) is 76.4 Å². The van der Waals surface area contributed by atoms with Gasteiger partial charge < -0.3 is 14.2 Å². The van der Waals surface area contributed by atoms with Crippen LogP contribution in [0.15, 0.2) is 36.4 Å². The third kappa shape index (κ3) is 4.10. The molecule has 4 rings (SSSR count). The first-order chi connectivity index (χ1) is 17.0. The van der Waals surface area contributed by atoms with Gasteiger partial charge in [0.15, 0.2) is 47.0 Å². The van der Waals surface area contributed by atoms with E-state index in [0.29, 0.717) is 12.1 Å². The SMILES string of the molecule is CCOc1ccc(C(F)(F)Oc2ccc3c(c2F)C(F)C(F)c2c-3ccc(OCC)c2F)c(F)c1F. The average Bonchev–Trinajstić information content (AvgIpc) is 2.83. The molecule has 0 aromatic heterocycles. The molecule has 0 saturated carbocycles. The molecular formula is C25H18F8O3. The Hall–Kier alpha value is -3.50. The largest absolute Gasteiger partial charge is 0.491 e. The fraction of sp³-hybridized carbons (Fsp3) is 0.280. The van der Waals surface area contributed by atoms with E-state index in [1.807, 2.05) is 0 Å². The van der Waals surface area contributed by atoms with Gasteiger partial charge in [0.1, 0.15) is 5.56 Å². The number of hydrogen-bond donors (Lipinski definition) is 0. The van der Waals surface area contributed by atoms with Crippen molar-refractivity contribution in [3.8, 4) is 28.4 Å². The Kier molecular flexibility index (Phi) is 6.76. The molecular weight excluding hydrogens is 500 g/mol. The van der Waals surface area contributed by atoms with Crippen LogP contribution in [0.4, 0.5) is 35.1 Å². The quantitative estimate of drug-likeness (QED) is 0.298. The monoisotopic (exact) mass is 518 g/mol. The van der Waals surface area contributed by atoms with Gasteiger partial charge in [-0.1, -0.05) is 12.1 Å². The third-order valence-corrected chi connectivity index (χ3v) is 5.59. The predicted molar refractivity (Wildman–Crippen MR) is 113 cm³/mol. The summed E-state index contributed by atoms with van der Waals surface area (Å²) in [7, 11) is 0. The fourth-order valence-corrected chi connectivity index (χ4v) is 4.01. The second kappa shape index (κ2) is 9.51. The molecule has 2 unspecified atom stereocenters. The van der Waals surface area contributed by atoms with Gasteiger partial charge in [0.25, 0.3) is 0 Å². The summed E-state index contributed by atoms with van der Waals surface area (Å²) in [5.41, 5.74) is -3.75. The molecule has 3 aromatic rings. The van der Waals surface area contributed by atoms with Crippen molar-refractivity contribution in [2.24, 2.45) is 0 Å². The number of alkyl halides is 4. The summed E-state index contributed by atoms with van der Waals surface area (Å²) >= 11 is 0. The number of ether oxygens (including phenoxy) is 3. The molecule has 3 nitrogen and oxygen atoms in total. The minimum Gasteiger partial charge on any atom is -0.491 e. The Morgan fingerprint density at radius 3 is 1.61 bits per heavy atom. The van der Waals surface area contributed by atoms with Gasteiger partial charge in [-0.15, -0.1) is 0 Å². The molecule has 0 fully saturated rings. The standard InChI is InChI=1S/C25H18F8O3/c1-3-34-14-8-5-11-12-6-9-16(21(28)18(12)24(31)23(30)17(11)20(14)27)36-25(32,33)13-7-10-15(35-4-2)22(29)19(13)26/h5-10,23-24H,3-4H2,1-2H3. The van der Waals surface area contributed by atoms with E-state index in [-0.39, 0.29) is 30.1 Å². The summed E-state index contributed by atoms with van der Waals surface area (Å²) in [4.78, 5) is 0. The third-order valence-electron chi connectivity index (χ3n) is 5.59. The molecule has 11 heteroatoms. The van der Waals surface area contributed by atoms with E-state index in [2.05, 4.69) is 4.74 Å².